The van der Waals surface area contributed by atoms with Gasteiger partial charge in [0.25, 0.3) is 0 Å². The fraction of sp³-hybridized carbons (Fsp3) is 0.400. The molecular formula is C15H16BrNO2. The Labute approximate surface area is 121 Å². The topological polar surface area (TPSA) is 38.3 Å². The first-order chi connectivity index (χ1) is 9.20. The molecular weight excluding hydrogens is 306 g/mol. The van der Waals surface area contributed by atoms with Crippen molar-refractivity contribution in [1.82, 2.24) is 0 Å². The van der Waals surface area contributed by atoms with Crippen molar-refractivity contribution >= 4 is 27.6 Å². The molecule has 0 bridgehead atoms. The van der Waals surface area contributed by atoms with Gasteiger partial charge in [-0.05, 0) is 37.1 Å². The Hall–Kier alpha value is -1.29. The molecule has 1 N–H and O–H groups in total. The number of carbonyl (C=O) groups excluding carboxylic acids is 1. The van der Waals surface area contributed by atoms with Crippen LogP contribution in [0.5, 0.6) is 0 Å². The van der Waals surface area contributed by atoms with Crippen molar-refractivity contribution in [3.63, 3.8) is 0 Å². The predicted octanol–water partition coefficient (Wildman–Crippen LogP) is 3.47. The number of carbonyl (C=O) groups is 1. The Morgan fingerprint density at radius 3 is 3.16 bits per heavy atom. The molecule has 1 aromatic rings. The maximum absolute atomic E-state index is 12.1. The molecule has 1 heterocycles. The van der Waals surface area contributed by atoms with Gasteiger partial charge in [0.2, 0.25) is 0 Å². The molecule has 1 aromatic carbocycles. The monoisotopic (exact) mass is 321 g/mol. The highest BCUT2D eigenvalue weighted by molar-refractivity contribution is 9.10. The highest BCUT2D eigenvalue weighted by Gasteiger charge is 2.41. The van der Waals surface area contributed by atoms with E-state index in [4.69, 9.17) is 4.74 Å². The van der Waals surface area contributed by atoms with Crippen molar-refractivity contribution in [2.24, 2.45) is 5.92 Å². The van der Waals surface area contributed by atoms with Crippen molar-refractivity contribution in [2.75, 3.05) is 11.9 Å². The number of fused-ring (bicyclic) bond motifs is 3. The molecule has 2 aliphatic rings. The Kier molecular flexibility index (Phi) is 3.35. The van der Waals surface area contributed by atoms with Crippen LogP contribution in [-0.4, -0.2) is 18.6 Å². The summed E-state index contributed by atoms with van der Waals surface area (Å²) >= 11 is 3.51. The average Bonchev–Trinajstić information content (AvgIpc) is 2.87. The molecule has 3 nitrogen and oxygen atoms in total. The lowest BCUT2D eigenvalue weighted by Gasteiger charge is -2.35. The van der Waals surface area contributed by atoms with E-state index in [0.717, 1.165) is 16.6 Å². The quantitative estimate of drug-likeness (QED) is 0.669. The highest BCUT2D eigenvalue weighted by Crippen LogP contribution is 2.45. The van der Waals surface area contributed by atoms with Crippen LogP contribution < -0.4 is 5.32 Å². The van der Waals surface area contributed by atoms with E-state index in [2.05, 4.69) is 39.5 Å². The molecule has 1 aliphatic heterocycles. The summed E-state index contributed by atoms with van der Waals surface area (Å²) in [6.07, 6.45) is 5.30. The minimum Gasteiger partial charge on any atom is -0.464 e. The van der Waals surface area contributed by atoms with Gasteiger partial charge in [0.15, 0.2) is 0 Å². The first kappa shape index (κ1) is 12.7. The van der Waals surface area contributed by atoms with Gasteiger partial charge in [0.1, 0.15) is 6.04 Å². The number of halogens is 1. The first-order valence-corrected chi connectivity index (χ1v) is 7.39. The molecule has 19 heavy (non-hydrogen) atoms. The molecule has 0 fully saturated rings. The molecule has 0 spiro atoms. The summed E-state index contributed by atoms with van der Waals surface area (Å²) in [5, 5.41) is 3.34. The van der Waals surface area contributed by atoms with Crippen LogP contribution in [0.3, 0.4) is 0 Å². The molecule has 0 saturated heterocycles. The van der Waals surface area contributed by atoms with Crippen LogP contribution >= 0.6 is 15.9 Å². The van der Waals surface area contributed by atoms with Gasteiger partial charge in [-0.2, -0.15) is 0 Å². The van der Waals surface area contributed by atoms with Crippen LogP contribution in [-0.2, 0) is 9.53 Å². The van der Waals surface area contributed by atoms with E-state index >= 15 is 0 Å². The number of ether oxygens (including phenoxy) is 1. The molecule has 3 atom stereocenters. The molecule has 4 heteroatoms. The summed E-state index contributed by atoms with van der Waals surface area (Å²) in [5.41, 5.74) is 2.29. The molecule has 0 amide bonds. The average molecular weight is 322 g/mol. The van der Waals surface area contributed by atoms with E-state index in [9.17, 15) is 4.79 Å². The van der Waals surface area contributed by atoms with E-state index in [0.29, 0.717) is 12.5 Å². The second-order valence-corrected chi connectivity index (χ2v) is 5.87. The van der Waals surface area contributed by atoms with Gasteiger partial charge in [0.05, 0.1) is 6.61 Å². The van der Waals surface area contributed by atoms with Gasteiger partial charge < -0.3 is 10.1 Å². The third kappa shape index (κ3) is 2.18. The number of rotatable bonds is 2. The number of allylic oxidation sites excluding steroid dienone is 2. The Morgan fingerprint density at radius 1 is 1.53 bits per heavy atom. The summed E-state index contributed by atoms with van der Waals surface area (Å²) in [4.78, 5) is 12.1. The second kappa shape index (κ2) is 5.00. The molecule has 100 valence electrons. The maximum Gasteiger partial charge on any atom is 0.328 e. The van der Waals surface area contributed by atoms with E-state index < -0.39 is 0 Å². The van der Waals surface area contributed by atoms with Crippen molar-refractivity contribution in [1.29, 1.82) is 0 Å². The van der Waals surface area contributed by atoms with Crippen LogP contribution in [0.1, 0.15) is 24.8 Å². The lowest BCUT2D eigenvalue weighted by atomic mass is 9.79. The maximum atomic E-state index is 12.1. The second-order valence-electron chi connectivity index (χ2n) is 4.96. The summed E-state index contributed by atoms with van der Waals surface area (Å²) in [6, 6.07) is 5.91. The molecule has 1 aliphatic carbocycles. The number of hydrogen-bond donors (Lipinski definition) is 1. The Balaban J connectivity index is 1.97. The lowest BCUT2D eigenvalue weighted by molar-refractivity contribution is -0.145. The van der Waals surface area contributed by atoms with Gasteiger partial charge in [0, 0.05) is 22.0 Å². The molecule has 3 rings (SSSR count). The van der Waals surface area contributed by atoms with Gasteiger partial charge in [-0.15, -0.1) is 0 Å². The van der Waals surface area contributed by atoms with Crippen LogP contribution in [0, 0.1) is 5.92 Å². The van der Waals surface area contributed by atoms with Crippen LogP contribution in [0.25, 0.3) is 0 Å². The van der Waals surface area contributed by atoms with Gasteiger partial charge >= 0.3 is 5.97 Å². The third-order valence-electron chi connectivity index (χ3n) is 3.87. The zero-order chi connectivity index (χ0) is 13.4. The highest BCUT2D eigenvalue weighted by atomic mass is 79.9. The zero-order valence-electron chi connectivity index (χ0n) is 10.7. The lowest BCUT2D eigenvalue weighted by Crippen LogP contribution is -2.42. The van der Waals surface area contributed by atoms with Gasteiger partial charge in [-0.3, -0.25) is 0 Å². The number of anilines is 1. The number of hydrogen-bond acceptors (Lipinski definition) is 3. The molecule has 0 saturated carbocycles. The fourth-order valence-electron chi connectivity index (χ4n) is 3.03. The summed E-state index contributed by atoms with van der Waals surface area (Å²) in [5.74, 6) is 0.429. The van der Waals surface area contributed by atoms with Crippen LogP contribution in [0.2, 0.25) is 0 Å². The number of esters is 1. The van der Waals surface area contributed by atoms with Gasteiger partial charge in [-0.25, -0.2) is 4.79 Å². The smallest absolute Gasteiger partial charge is 0.328 e. The normalized spacial score (nSPS) is 27.4. The van der Waals surface area contributed by atoms with Crippen molar-refractivity contribution in [3.05, 3.63) is 40.4 Å². The van der Waals surface area contributed by atoms with E-state index in [1.807, 2.05) is 19.1 Å². The SMILES string of the molecule is CCOC(=O)[C@@H]1Nc2ccc(Br)cc2[C@@H]2C=CC[C@@H]12. The largest absolute Gasteiger partial charge is 0.464 e. The molecule has 0 radical (unpaired) electrons. The van der Waals surface area contributed by atoms with E-state index in [1.165, 1.54) is 5.56 Å². The van der Waals surface area contributed by atoms with Crippen molar-refractivity contribution in [3.8, 4) is 0 Å². The molecule has 0 unspecified atom stereocenters. The van der Waals surface area contributed by atoms with Gasteiger partial charge in [-0.1, -0.05) is 28.1 Å². The van der Waals surface area contributed by atoms with E-state index in [1.54, 1.807) is 0 Å². The Bertz CT molecular complexity index is 541. The number of nitrogens with one attached hydrogen (secondary N) is 1. The third-order valence-corrected chi connectivity index (χ3v) is 4.36. The van der Waals surface area contributed by atoms with Crippen LogP contribution in [0.4, 0.5) is 5.69 Å². The summed E-state index contributed by atoms with van der Waals surface area (Å²) in [6.45, 7) is 2.27. The van der Waals surface area contributed by atoms with Crippen molar-refractivity contribution in [2.45, 2.75) is 25.3 Å². The van der Waals surface area contributed by atoms with Crippen molar-refractivity contribution < 1.29 is 9.53 Å². The summed E-state index contributed by atoms with van der Waals surface area (Å²) in [7, 11) is 0. The zero-order valence-corrected chi connectivity index (χ0v) is 12.3. The predicted molar refractivity (Wildman–Crippen MR) is 78.2 cm³/mol. The minimum absolute atomic E-state index is 0.144. The van der Waals surface area contributed by atoms with Crippen LogP contribution in [0.15, 0.2) is 34.8 Å². The fourth-order valence-corrected chi connectivity index (χ4v) is 3.41. The minimum atomic E-state index is -0.242. The van der Waals surface area contributed by atoms with E-state index in [-0.39, 0.29) is 17.9 Å². The molecule has 0 aromatic heterocycles. The summed E-state index contributed by atoms with van der Waals surface area (Å²) < 4.78 is 6.26. The number of benzene rings is 1. The standard InChI is InChI=1S/C15H16BrNO2/c1-2-19-15(18)14-11-5-3-4-10(11)12-8-9(16)6-7-13(12)17-14/h3-4,6-8,10-11,14,17H,2,5H2,1H3/t10-,11-,14-/m1/s1. The Morgan fingerprint density at radius 2 is 2.37 bits per heavy atom. The first-order valence-electron chi connectivity index (χ1n) is 6.60.